The zero-order chi connectivity index (χ0) is 14.7. The monoisotopic (exact) mass is 306 g/mol. The summed E-state index contributed by atoms with van der Waals surface area (Å²) in [5, 5.41) is 0.428. The lowest BCUT2D eigenvalue weighted by molar-refractivity contribution is 0.0783. The number of rotatable bonds is 3. The van der Waals surface area contributed by atoms with Gasteiger partial charge in [0.25, 0.3) is 5.91 Å². The van der Waals surface area contributed by atoms with E-state index in [1.54, 1.807) is 30.1 Å². The van der Waals surface area contributed by atoms with Crippen LogP contribution in [0.2, 0.25) is 5.02 Å². The van der Waals surface area contributed by atoms with Gasteiger partial charge in [-0.1, -0.05) is 17.7 Å². The van der Waals surface area contributed by atoms with Crippen LogP contribution >= 0.6 is 24.2 Å². The second-order valence-electron chi connectivity index (χ2n) is 4.60. The largest absolute Gasteiger partial charge is 0.336 e. The summed E-state index contributed by atoms with van der Waals surface area (Å²) in [5.74, 6) is -0.144. The fourth-order valence-electron chi connectivity index (χ4n) is 1.89. The molecule has 1 aromatic carbocycles. The Kier molecular flexibility index (Phi) is 4.68. The van der Waals surface area contributed by atoms with Crippen molar-refractivity contribution in [1.82, 2.24) is 9.88 Å². The highest BCUT2D eigenvalue weighted by molar-refractivity contribution is 7.80. The number of hydrogen-bond acceptors (Lipinski definition) is 3. The molecule has 0 saturated carbocycles. The quantitative estimate of drug-likeness (QED) is 0.879. The Morgan fingerprint density at radius 3 is 2.80 bits per heavy atom. The number of benzene rings is 1. The number of amides is 1. The summed E-state index contributed by atoms with van der Waals surface area (Å²) < 4.78 is 0. The molecule has 0 saturated heterocycles. The third-order valence-electron chi connectivity index (χ3n) is 2.87. The highest BCUT2D eigenvalue weighted by Gasteiger charge is 2.16. The summed E-state index contributed by atoms with van der Waals surface area (Å²) >= 11 is 10.3. The topological polar surface area (TPSA) is 33.2 Å². The number of pyridine rings is 1. The van der Waals surface area contributed by atoms with Gasteiger partial charge in [0.1, 0.15) is 0 Å². The number of halogens is 1. The van der Waals surface area contributed by atoms with Crippen LogP contribution in [0.5, 0.6) is 0 Å². The van der Waals surface area contributed by atoms with Gasteiger partial charge in [-0.05, 0) is 37.3 Å². The molecule has 1 aromatic heterocycles. The van der Waals surface area contributed by atoms with E-state index in [2.05, 4.69) is 17.6 Å². The summed E-state index contributed by atoms with van der Waals surface area (Å²) in [4.78, 5) is 19.1. The minimum atomic E-state index is -0.144. The molecule has 0 radical (unpaired) electrons. The van der Waals surface area contributed by atoms with Gasteiger partial charge < -0.3 is 4.90 Å². The number of aromatic nitrogens is 1. The van der Waals surface area contributed by atoms with Crippen LogP contribution in [0.4, 0.5) is 0 Å². The first-order valence-corrected chi connectivity index (χ1v) is 6.96. The van der Waals surface area contributed by atoms with E-state index in [1.165, 1.54) is 0 Å². The van der Waals surface area contributed by atoms with E-state index in [0.717, 1.165) is 11.4 Å². The van der Waals surface area contributed by atoms with Crippen LogP contribution in [-0.4, -0.2) is 22.8 Å². The summed E-state index contributed by atoms with van der Waals surface area (Å²) in [6, 6.07) is 10.9. The molecule has 0 spiro atoms. The summed E-state index contributed by atoms with van der Waals surface area (Å²) in [7, 11) is 1.73. The zero-order valence-corrected chi connectivity index (χ0v) is 12.9. The van der Waals surface area contributed by atoms with E-state index in [4.69, 9.17) is 11.6 Å². The molecule has 0 N–H and O–H groups in total. The van der Waals surface area contributed by atoms with Gasteiger partial charge in [-0.3, -0.25) is 9.78 Å². The van der Waals surface area contributed by atoms with Crippen molar-refractivity contribution in [3.05, 3.63) is 58.4 Å². The fourth-order valence-corrected chi connectivity index (χ4v) is 2.29. The lowest BCUT2D eigenvalue weighted by Crippen LogP contribution is -2.27. The Morgan fingerprint density at radius 1 is 1.35 bits per heavy atom. The molecule has 0 fully saturated rings. The minimum absolute atomic E-state index is 0.144. The Balaban J connectivity index is 2.18. The number of nitrogens with zero attached hydrogens (tertiary/aromatic N) is 2. The van der Waals surface area contributed by atoms with E-state index >= 15 is 0 Å². The van der Waals surface area contributed by atoms with Gasteiger partial charge in [0.05, 0.1) is 22.8 Å². The molecule has 2 aromatic rings. The molecule has 1 heterocycles. The van der Waals surface area contributed by atoms with Crippen molar-refractivity contribution in [2.75, 3.05) is 7.05 Å². The van der Waals surface area contributed by atoms with E-state index in [9.17, 15) is 4.79 Å². The van der Waals surface area contributed by atoms with Gasteiger partial charge in [0.15, 0.2) is 0 Å². The first-order valence-electron chi connectivity index (χ1n) is 6.14. The standard InChI is InChI=1S/C15H15ClN2OS/c1-10-4-3-5-11(17-10)9-18(2)15(19)13-8-12(20)6-7-14(13)16/h3-8,20H,9H2,1-2H3. The summed E-state index contributed by atoms with van der Waals surface area (Å²) in [6.07, 6.45) is 0. The van der Waals surface area contributed by atoms with E-state index in [0.29, 0.717) is 22.0 Å². The van der Waals surface area contributed by atoms with Crippen LogP contribution in [0.25, 0.3) is 0 Å². The third kappa shape index (κ3) is 3.52. The van der Waals surface area contributed by atoms with Crippen LogP contribution in [0.1, 0.15) is 21.7 Å². The minimum Gasteiger partial charge on any atom is -0.336 e. The molecule has 0 unspecified atom stereocenters. The van der Waals surface area contributed by atoms with Crippen molar-refractivity contribution in [2.24, 2.45) is 0 Å². The van der Waals surface area contributed by atoms with Crippen LogP contribution in [0.3, 0.4) is 0 Å². The number of carbonyl (C=O) groups is 1. The average Bonchev–Trinajstić information content (AvgIpc) is 2.40. The molecule has 104 valence electrons. The molecule has 0 atom stereocenters. The molecular formula is C15H15ClN2OS. The maximum atomic E-state index is 12.4. The number of thiol groups is 1. The van der Waals surface area contributed by atoms with Gasteiger partial charge in [-0.15, -0.1) is 12.6 Å². The first kappa shape index (κ1) is 14.9. The van der Waals surface area contributed by atoms with Crippen molar-refractivity contribution in [2.45, 2.75) is 18.4 Å². The molecule has 0 bridgehead atoms. The van der Waals surface area contributed by atoms with Crippen molar-refractivity contribution < 1.29 is 4.79 Å². The van der Waals surface area contributed by atoms with Gasteiger partial charge in [0, 0.05) is 17.6 Å². The second kappa shape index (κ2) is 6.29. The highest BCUT2D eigenvalue weighted by Crippen LogP contribution is 2.21. The normalized spacial score (nSPS) is 10.4. The first-order chi connectivity index (χ1) is 9.47. The van der Waals surface area contributed by atoms with Crippen molar-refractivity contribution >= 4 is 30.1 Å². The fraction of sp³-hybridized carbons (Fsp3) is 0.200. The molecule has 0 aliphatic rings. The van der Waals surface area contributed by atoms with Crippen LogP contribution in [-0.2, 0) is 6.54 Å². The zero-order valence-electron chi connectivity index (χ0n) is 11.3. The van der Waals surface area contributed by atoms with Gasteiger partial charge >= 0.3 is 0 Å². The Morgan fingerprint density at radius 2 is 2.10 bits per heavy atom. The van der Waals surface area contributed by atoms with Crippen LogP contribution < -0.4 is 0 Å². The lowest BCUT2D eigenvalue weighted by Gasteiger charge is -2.18. The molecule has 0 aliphatic carbocycles. The second-order valence-corrected chi connectivity index (χ2v) is 5.52. The predicted molar refractivity (Wildman–Crippen MR) is 83.5 cm³/mol. The Hall–Kier alpha value is -1.52. The summed E-state index contributed by atoms with van der Waals surface area (Å²) in [6.45, 7) is 2.36. The van der Waals surface area contributed by atoms with Crippen molar-refractivity contribution in [3.63, 3.8) is 0 Å². The molecular weight excluding hydrogens is 292 g/mol. The third-order valence-corrected chi connectivity index (χ3v) is 3.48. The van der Waals surface area contributed by atoms with E-state index in [1.807, 2.05) is 25.1 Å². The predicted octanol–water partition coefficient (Wildman–Crippen LogP) is 3.60. The molecule has 20 heavy (non-hydrogen) atoms. The van der Waals surface area contributed by atoms with Gasteiger partial charge in [0.2, 0.25) is 0 Å². The number of hydrogen-bond donors (Lipinski definition) is 1. The summed E-state index contributed by atoms with van der Waals surface area (Å²) in [5.41, 5.74) is 2.23. The van der Waals surface area contributed by atoms with Crippen molar-refractivity contribution in [3.8, 4) is 0 Å². The van der Waals surface area contributed by atoms with Crippen molar-refractivity contribution in [1.29, 1.82) is 0 Å². The maximum absolute atomic E-state index is 12.4. The Bertz CT molecular complexity index is 646. The molecule has 1 amide bonds. The van der Waals surface area contributed by atoms with Gasteiger partial charge in [-0.2, -0.15) is 0 Å². The molecule has 3 nitrogen and oxygen atoms in total. The lowest BCUT2D eigenvalue weighted by atomic mass is 10.2. The molecule has 0 aliphatic heterocycles. The molecule has 5 heteroatoms. The average molecular weight is 307 g/mol. The number of carbonyl (C=O) groups excluding carboxylic acids is 1. The smallest absolute Gasteiger partial charge is 0.255 e. The maximum Gasteiger partial charge on any atom is 0.255 e. The number of aryl methyl sites for hydroxylation is 1. The van der Waals surface area contributed by atoms with E-state index < -0.39 is 0 Å². The van der Waals surface area contributed by atoms with E-state index in [-0.39, 0.29) is 5.91 Å². The molecule has 2 rings (SSSR count). The van der Waals surface area contributed by atoms with Crippen LogP contribution in [0.15, 0.2) is 41.3 Å². The Labute approximate surface area is 129 Å². The van der Waals surface area contributed by atoms with Gasteiger partial charge in [-0.25, -0.2) is 0 Å². The van der Waals surface area contributed by atoms with Crippen LogP contribution in [0, 0.1) is 6.92 Å². The highest BCUT2D eigenvalue weighted by atomic mass is 35.5. The SMILES string of the molecule is Cc1cccc(CN(C)C(=O)c2cc(S)ccc2Cl)n1.